The number of anilines is 1. The quantitative estimate of drug-likeness (QED) is 0.716. The first kappa shape index (κ1) is 19.1. The summed E-state index contributed by atoms with van der Waals surface area (Å²) < 4.78 is 0. The topological polar surface area (TPSA) is 61.3 Å². The molecule has 2 heterocycles. The largest absolute Gasteiger partial charge is 0.507 e. The average molecular weight is 364 g/mol. The molecule has 5 nitrogen and oxygen atoms in total. The van der Waals surface area contributed by atoms with Crippen molar-refractivity contribution in [1.29, 1.82) is 0 Å². The van der Waals surface area contributed by atoms with Crippen LogP contribution < -0.4 is 10.2 Å². The van der Waals surface area contributed by atoms with E-state index in [9.17, 15) is 5.11 Å². The van der Waals surface area contributed by atoms with Gasteiger partial charge in [0, 0.05) is 31.6 Å². The Bertz CT molecular complexity index is 904. The first-order valence-electron chi connectivity index (χ1n) is 9.66. The minimum atomic E-state index is 0.204. The summed E-state index contributed by atoms with van der Waals surface area (Å²) in [5.74, 6) is 1.72. The number of piperazine rings is 1. The number of benzene rings is 2. The molecule has 0 radical (unpaired) electrons. The summed E-state index contributed by atoms with van der Waals surface area (Å²) in [6.45, 7) is 10.0. The average Bonchev–Trinajstić information content (AvgIpc) is 2.68. The molecule has 1 aromatic heterocycles. The van der Waals surface area contributed by atoms with Gasteiger partial charge in [-0.15, -0.1) is 0 Å². The van der Waals surface area contributed by atoms with E-state index in [0.717, 1.165) is 48.5 Å². The third-order valence-electron chi connectivity index (χ3n) is 4.39. The molecule has 1 saturated heterocycles. The molecule has 1 aliphatic rings. The number of phenolic OH excluding ortho intramolecular Hbond substituents is 1. The summed E-state index contributed by atoms with van der Waals surface area (Å²) in [7, 11) is 0. The van der Waals surface area contributed by atoms with Gasteiger partial charge in [0.2, 0.25) is 0 Å². The summed E-state index contributed by atoms with van der Waals surface area (Å²) in [6, 6.07) is 13.5. The van der Waals surface area contributed by atoms with Crippen molar-refractivity contribution in [2.75, 3.05) is 31.1 Å². The molecule has 0 spiro atoms. The zero-order valence-electron chi connectivity index (χ0n) is 16.4. The lowest BCUT2D eigenvalue weighted by atomic mass is 10.1. The van der Waals surface area contributed by atoms with Crippen LogP contribution in [0, 0.1) is 6.92 Å². The molecule has 3 aromatic rings. The Balaban J connectivity index is 0.000000659. The minimum absolute atomic E-state index is 0.204. The molecule has 2 aromatic carbocycles. The van der Waals surface area contributed by atoms with Crippen LogP contribution in [0.4, 0.5) is 5.82 Å². The fraction of sp³-hybridized carbons (Fsp3) is 0.364. The number of hydrogen-bond acceptors (Lipinski definition) is 5. The Morgan fingerprint density at radius 3 is 2.44 bits per heavy atom. The fourth-order valence-electron chi connectivity index (χ4n) is 3.12. The van der Waals surface area contributed by atoms with Crippen molar-refractivity contribution in [2.45, 2.75) is 27.2 Å². The fourth-order valence-corrected chi connectivity index (χ4v) is 3.12. The third kappa shape index (κ3) is 4.37. The molecule has 2 N–H and O–H groups in total. The molecule has 0 atom stereocenters. The number of aryl methyl sites for hydroxylation is 1. The van der Waals surface area contributed by atoms with E-state index in [1.807, 2.05) is 12.1 Å². The molecular weight excluding hydrogens is 336 g/mol. The maximum Gasteiger partial charge on any atom is 0.165 e. The van der Waals surface area contributed by atoms with Gasteiger partial charge in [-0.2, -0.15) is 0 Å². The molecule has 1 aliphatic heterocycles. The van der Waals surface area contributed by atoms with Gasteiger partial charge < -0.3 is 15.3 Å². The molecule has 27 heavy (non-hydrogen) atoms. The number of rotatable bonds is 2. The Morgan fingerprint density at radius 1 is 1.04 bits per heavy atom. The van der Waals surface area contributed by atoms with Gasteiger partial charge in [-0.25, -0.2) is 9.97 Å². The SMILES string of the molecule is CCC.Cc1ccc2c(N3CCNCC3)nc(-c3ccccc3O)nc2c1. The molecule has 5 heteroatoms. The number of aromatic nitrogens is 2. The molecule has 142 valence electrons. The van der Waals surface area contributed by atoms with Crippen molar-refractivity contribution in [2.24, 2.45) is 0 Å². The van der Waals surface area contributed by atoms with Gasteiger partial charge in [0.15, 0.2) is 5.82 Å². The smallest absolute Gasteiger partial charge is 0.165 e. The summed E-state index contributed by atoms with van der Waals surface area (Å²) in [6.07, 6.45) is 1.25. The molecule has 0 amide bonds. The molecule has 0 aliphatic carbocycles. The van der Waals surface area contributed by atoms with Crippen molar-refractivity contribution >= 4 is 16.7 Å². The second kappa shape index (κ2) is 8.82. The van der Waals surface area contributed by atoms with E-state index in [4.69, 9.17) is 9.97 Å². The second-order valence-electron chi connectivity index (χ2n) is 6.85. The van der Waals surface area contributed by atoms with E-state index in [1.54, 1.807) is 12.1 Å². The van der Waals surface area contributed by atoms with Crippen LogP contribution in [0.15, 0.2) is 42.5 Å². The van der Waals surface area contributed by atoms with Crippen LogP contribution >= 0.6 is 0 Å². The molecule has 0 bridgehead atoms. The number of nitrogens with one attached hydrogen (secondary N) is 1. The highest BCUT2D eigenvalue weighted by molar-refractivity contribution is 5.91. The Kier molecular flexibility index (Phi) is 6.24. The molecular formula is C22H28N4O. The highest BCUT2D eigenvalue weighted by Crippen LogP contribution is 2.31. The summed E-state index contributed by atoms with van der Waals surface area (Å²) in [5.41, 5.74) is 2.74. The van der Waals surface area contributed by atoms with E-state index < -0.39 is 0 Å². The third-order valence-corrected chi connectivity index (χ3v) is 4.39. The standard InChI is InChI=1S/C19H20N4O.C3H8/c1-13-6-7-14-16(12-13)21-18(15-4-2-3-5-17(15)24)22-19(14)23-10-8-20-9-11-23;1-3-2/h2-7,12,20,24H,8-11H2,1H3;3H2,1-2H3. The summed E-state index contributed by atoms with van der Waals surface area (Å²) in [5, 5.41) is 14.6. The molecule has 0 saturated carbocycles. The number of phenols is 1. The van der Waals surface area contributed by atoms with Crippen LogP contribution in [-0.2, 0) is 0 Å². The number of para-hydroxylation sites is 1. The molecule has 1 fully saturated rings. The Hall–Kier alpha value is -2.66. The van der Waals surface area contributed by atoms with Gasteiger partial charge in [0.25, 0.3) is 0 Å². The zero-order chi connectivity index (χ0) is 19.2. The highest BCUT2D eigenvalue weighted by Gasteiger charge is 2.18. The molecule has 4 rings (SSSR count). The number of hydrogen-bond donors (Lipinski definition) is 2. The van der Waals surface area contributed by atoms with E-state index >= 15 is 0 Å². The van der Waals surface area contributed by atoms with Crippen LogP contribution in [0.2, 0.25) is 0 Å². The highest BCUT2D eigenvalue weighted by atomic mass is 16.3. The lowest BCUT2D eigenvalue weighted by molar-refractivity contribution is 0.477. The predicted molar refractivity (Wildman–Crippen MR) is 112 cm³/mol. The van der Waals surface area contributed by atoms with Crippen molar-refractivity contribution in [1.82, 2.24) is 15.3 Å². The lowest BCUT2D eigenvalue weighted by Crippen LogP contribution is -2.44. The van der Waals surface area contributed by atoms with Crippen LogP contribution in [0.5, 0.6) is 5.75 Å². The van der Waals surface area contributed by atoms with Crippen molar-refractivity contribution < 1.29 is 5.11 Å². The summed E-state index contributed by atoms with van der Waals surface area (Å²) >= 11 is 0. The first-order valence-corrected chi connectivity index (χ1v) is 9.66. The van der Waals surface area contributed by atoms with Crippen molar-refractivity contribution in [3.8, 4) is 17.1 Å². The maximum atomic E-state index is 10.2. The zero-order valence-corrected chi connectivity index (χ0v) is 16.4. The van der Waals surface area contributed by atoms with Gasteiger partial charge in [-0.3, -0.25) is 0 Å². The Labute approximate surface area is 161 Å². The van der Waals surface area contributed by atoms with E-state index in [1.165, 1.54) is 6.42 Å². The van der Waals surface area contributed by atoms with Crippen LogP contribution in [0.1, 0.15) is 25.8 Å². The van der Waals surface area contributed by atoms with E-state index in [2.05, 4.69) is 49.2 Å². The number of fused-ring (bicyclic) bond motifs is 1. The van der Waals surface area contributed by atoms with Gasteiger partial charge in [-0.1, -0.05) is 38.5 Å². The monoisotopic (exact) mass is 364 g/mol. The van der Waals surface area contributed by atoms with Gasteiger partial charge in [0.1, 0.15) is 11.6 Å². The van der Waals surface area contributed by atoms with Gasteiger partial charge in [0.05, 0.1) is 11.1 Å². The van der Waals surface area contributed by atoms with E-state index in [0.29, 0.717) is 11.4 Å². The normalized spacial score (nSPS) is 14.0. The second-order valence-corrected chi connectivity index (χ2v) is 6.85. The minimum Gasteiger partial charge on any atom is -0.507 e. The number of nitrogens with zero attached hydrogens (tertiary/aromatic N) is 3. The van der Waals surface area contributed by atoms with Crippen molar-refractivity contribution in [3.63, 3.8) is 0 Å². The lowest BCUT2D eigenvalue weighted by Gasteiger charge is -2.29. The van der Waals surface area contributed by atoms with Gasteiger partial charge in [-0.05, 0) is 36.8 Å². The molecule has 0 unspecified atom stereocenters. The van der Waals surface area contributed by atoms with Crippen LogP contribution in [0.25, 0.3) is 22.3 Å². The van der Waals surface area contributed by atoms with E-state index in [-0.39, 0.29) is 5.75 Å². The number of aromatic hydroxyl groups is 1. The Morgan fingerprint density at radius 2 is 1.74 bits per heavy atom. The van der Waals surface area contributed by atoms with Crippen LogP contribution in [0.3, 0.4) is 0 Å². The summed E-state index contributed by atoms with van der Waals surface area (Å²) in [4.78, 5) is 11.8. The van der Waals surface area contributed by atoms with Crippen LogP contribution in [-0.4, -0.2) is 41.3 Å². The van der Waals surface area contributed by atoms with Crippen molar-refractivity contribution in [3.05, 3.63) is 48.0 Å². The van der Waals surface area contributed by atoms with Gasteiger partial charge >= 0.3 is 0 Å². The first-order chi connectivity index (χ1) is 13.1. The maximum absolute atomic E-state index is 10.2. The predicted octanol–water partition coefficient (Wildman–Crippen LogP) is 4.14.